The molecule has 0 radical (unpaired) electrons. The van der Waals surface area contributed by atoms with Gasteiger partial charge in [0.15, 0.2) is 0 Å². The molecule has 0 saturated carbocycles. The van der Waals surface area contributed by atoms with Crippen LogP contribution in [0.4, 0.5) is 0 Å². The Bertz CT molecular complexity index is 1160. The molecule has 160 valence electrons. The molecule has 5 rings (SSSR count). The molecule has 7 nitrogen and oxygen atoms in total. The predicted octanol–water partition coefficient (Wildman–Crippen LogP) is 2.75. The number of hydrogen-bond donors (Lipinski definition) is 0. The molecule has 0 aromatic carbocycles. The van der Waals surface area contributed by atoms with Crippen LogP contribution in [0.5, 0.6) is 0 Å². The first-order chi connectivity index (χ1) is 14.4. The van der Waals surface area contributed by atoms with Crippen molar-refractivity contribution >= 4 is 31.8 Å². The third-order valence-corrected chi connectivity index (χ3v) is 7.16. The van der Waals surface area contributed by atoms with Crippen LogP contribution in [0.3, 0.4) is 0 Å². The van der Waals surface area contributed by atoms with Crippen molar-refractivity contribution in [2.45, 2.75) is 52.4 Å². The van der Waals surface area contributed by atoms with Gasteiger partial charge in [0, 0.05) is 50.0 Å². The van der Waals surface area contributed by atoms with Crippen LogP contribution >= 0.6 is 11.3 Å². The molecule has 5 heterocycles. The molecule has 0 unspecified atom stereocenters. The van der Waals surface area contributed by atoms with Crippen molar-refractivity contribution < 1.29 is 9.47 Å². The van der Waals surface area contributed by atoms with Gasteiger partial charge < -0.3 is 9.47 Å². The first kappa shape index (κ1) is 20.1. The van der Waals surface area contributed by atoms with Gasteiger partial charge in [-0.1, -0.05) is 6.92 Å². The average Bonchev–Trinajstić information content (AvgIpc) is 3.09. The fourth-order valence-corrected chi connectivity index (χ4v) is 5.41. The number of aryl methyl sites for hydroxylation is 1. The van der Waals surface area contributed by atoms with Crippen LogP contribution in [0.15, 0.2) is 10.9 Å². The van der Waals surface area contributed by atoms with E-state index in [9.17, 15) is 4.79 Å². The summed E-state index contributed by atoms with van der Waals surface area (Å²) in [6.45, 7) is 11.7. The van der Waals surface area contributed by atoms with Crippen molar-refractivity contribution in [2.75, 3.05) is 32.8 Å². The molecule has 8 heteroatoms. The molecule has 3 aromatic rings. The lowest BCUT2D eigenvalue weighted by Crippen LogP contribution is -2.39. The Balaban J connectivity index is 1.57. The Morgan fingerprint density at radius 3 is 2.77 bits per heavy atom. The molecular weight excluding hydrogens is 400 g/mol. The van der Waals surface area contributed by atoms with Crippen molar-refractivity contribution in [1.82, 2.24) is 19.4 Å². The van der Waals surface area contributed by atoms with Crippen LogP contribution in [0.2, 0.25) is 0 Å². The first-order valence-electron chi connectivity index (χ1n) is 10.7. The molecule has 0 amide bonds. The quantitative estimate of drug-likeness (QED) is 0.637. The molecule has 2 aliphatic rings. The van der Waals surface area contributed by atoms with Gasteiger partial charge in [0.25, 0.3) is 5.56 Å². The lowest BCUT2D eigenvalue weighted by atomic mass is 9.95. The van der Waals surface area contributed by atoms with Gasteiger partial charge in [0.1, 0.15) is 15.4 Å². The maximum absolute atomic E-state index is 13.4. The van der Waals surface area contributed by atoms with Gasteiger partial charge in [-0.3, -0.25) is 14.3 Å². The minimum Gasteiger partial charge on any atom is -0.379 e. The van der Waals surface area contributed by atoms with Gasteiger partial charge in [-0.2, -0.15) is 0 Å². The summed E-state index contributed by atoms with van der Waals surface area (Å²) in [5.41, 5.74) is 2.83. The van der Waals surface area contributed by atoms with E-state index in [0.717, 1.165) is 78.5 Å². The summed E-state index contributed by atoms with van der Waals surface area (Å²) < 4.78 is 14.0. The highest BCUT2D eigenvalue weighted by atomic mass is 32.1. The Morgan fingerprint density at radius 2 is 2.00 bits per heavy atom. The summed E-state index contributed by atoms with van der Waals surface area (Å²) in [4.78, 5) is 26.5. The summed E-state index contributed by atoms with van der Waals surface area (Å²) in [6, 6.07) is 2.13. The van der Waals surface area contributed by atoms with E-state index in [4.69, 9.17) is 19.4 Å². The second-order valence-corrected chi connectivity index (χ2v) is 9.74. The normalized spacial score (nSPS) is 19.4. The zero-order valence-electron chi connectivity index (χ0n) is 17.9. The molecule has 0 N–H and O–H groups in total. The topological polar surface area (TPSA) is 69.5 Å². The van der Waals surface area contributed by atoms with E-state index in [0.29, 0.717) is 17.9 Å². The summed E-state index contributed by atoms with van der Waals surface area (Å²) in [5, 5.41) is 0.976. The summed E-state index contributed by atoms with van der Waals surface area (Å²) in [5.74, 6) is 0.843. The van der Waals surface area contributed by atoms with Crippen LogP contribution in [-0.4, -0.2) is 57.9 Å². The minimum absolute atomic E-state index is 0.0580. The molecule has 1 fully saturated rings. The van der Waals surface area contributed by atoms with Crippen molar-refractivity contribution in [2.24, 2.45) is 0 Å². The van der Waals surface area contributed by atoms with Gasteiger partial charge >= 0.3 is 0 Å². The van der Waals surface area contributed by atoms with E-state index < -0.39 is 0 Å². The summed E-state index contributed by atoms with van der Waals surface area (Å²) >= 11 is 1.47. The van der Waals surface area contributed by atoms with E-state index in [-0.39, 0.29) is 11.2 Å². The molecule has 3 aromatic heterocycles. The molecule has 0 bridgehead atoms. The van der Waals surface area contributed by atoms with Gasteiger partial charge in [-0.15, -0.1) is 11.3 Å². The lowest BCUT2D eigenvalue weighted by Gasteiger charge is -2.30. The van der Waals surface area contributed by atoms with Crippen LogP contribution in [-0.2, 0) is 35.5 Å². The third-order valence-electron chi connectivity index (χ3n) is 6.09. The number of morpholine rings is 1. The Labute approximate surface area is 179 Å². The molecule has 1 saturated heterocycles. The van der Waals surface area contributed by atoms with E-state index in [2.05, 4.69) is 31.7 Å². The SMILES string of the molecule is CCc1nc2c(sc3nc4c(cc32)COC(C)(C)C4)c(=O)n1CCN1CCOCC1. The Morgan fingerprint density at radius 1 is 1.20 bits per heavy atom. The number of aromatic nitrogens is 3. The monoisotopic (exact) mass is 428 g/mol. The van der Waals surface area contributed by atoms with Crippen molar-refractivity contribution in [3.05, 3.63) is 33.5 Å². The molecule has 30 heavy (non-hydrogen) atoms. The van der Waals surface area contributed by atoms with Gasteiger partial charge in [0.2, 0.25) is 0 Å². The second kappa shape index (κ2) is 7.67. The van der Waals surface area contributed by atoms with E-state index in [1.165, 1.54) is 11.3 Å². The standard InChI is InChI=1S/C22H28N4O3S/c1-4-17-24-18-15-11-14-13-29-22(2,3)12-16(14)23-20(15)30-19(18)21(27)26(17)6-5-25-7-9-28-10-8-25/h11H,4-10,12-13H2,1-3H3. The highest BCUT2D eigenvalue weighted by Crippen LogP contribution is 2.34. The van der Waals surface area contributed by atoms with Crippen molar-refractivity contribution in [1.29, 1.82) is 0 Å². The van der Waals surface area contributed by atoms with Gasteiger partial charge in [-0.05, 0) is 19.9 Å². The minimum atomic E-state index is -0.204. The second-order valence-electron chi connectivity index (χ2n) is 8.74. The highest BCUT2D eigenvalue weighted by molar-refractivity contribution is 7.25. The van der Waals surface area contributed by atoms with Crippen LogP contribution in [0.1, 0.15) is 37.9 Å². The number of rotatable bonds is 4. The number of thiophene rings is 1. The number of nitrogens with zero attached hydrogens (tertiary/aromatic N) is 4. The Hall–Kier alpha value is -1.87. The summed E-state index contributed by atoms with van der Waals surface area (Å²) in [6.07, 6.45) is 1.51. The lowest BCUT2D eigenvalue weighted by molar-refractivity contribution is -0.0411. The number of hydrogen-bond acceptors (Lipinski definition) is 7. The number of pyridine rings is 1. The number of fused-ring (bicyclic) bond motifs is 4. The fourth-order valence-electron chi connectivity index (χ4n) is 4.35. The molecule has 0 aliphatic carbocycles. The van der Waals surface area contributed by atoms with Gasteiger partial charge in [-0.25, -0.2) is 9.97 Å². The first-order valence-corrected chi connectivity index (χ1v) is 11.6. The van der Waals surface area contributed by atoms with Gasteiger partial charge in [0.05, 0.1) is 36.6 Å². The Kier molecular flexibility index (Phi) is 5.13. The largest absolute Gasteiger partial charge is 0.379 e. The highest BCUT2D eigenvalue weighted by Gasteiger charge is 2.28. The van der Waals surface area contributed by atoms with Crippen LogP contribution in [0.25, 0.3) is 20.4 Å². The maximum atomic E-state index is 13.4. The smallest absolute Gasteiger partial charge is 0.271 e. The van der Waals surface area contributed by atoms with Crippen LogP contribution in [0, 0.1) is 0 Å². The van der Waals surface area contributed by atoms with Crippen LogP contribution < -0.4 is 5.56 Å². The predicted molar refractivity (Wildman–Crippen MR) is 118 cm³/mol. The van der Waals surface area contributed by atoms with Crippen molar-refractivity contribution in [3.63, 3.8) is 0 Å². The zero-order valence-corrected chi connectivity index (χ0v) is 18.7. The molecule has 0 atom stereocenters. The number of ether oxygens (including phenoxy) is 2. The van der Waals surface area contributed by atoms with Crippen molar-refractivity contribution in [3.8, 4) is 0 Å². The molecule has 2 aliphatic heterocycles. The van der Waals surface area contributed by atoms with E-state index in [1.54, 1.807) is 0 Å². The molecular formula is C22H28N4O3S. The molecule has 0 spiro atoms. The summed E-state index contributed by atoms with van der Waals surface area (Å²) in [7, 11) is 0. The van der Waals surface area contributed by atoms with E-state index >= 15 is 0 Å². The third kappa shape index (κ3) is 3.56. The fraction of sp³-hybridized carbons (Fsp3) is 0.591. The van der Waals surface area contributed by atoms with E-state index in [1.807, 2.05) is 4.57 Å². The maximum Gasteiger partial charge on any atom is 0.271 e. The average molecular weight is 429 g/mol. The zero-order chi connectivity index (χ0) is 20.9.